The molecule has 1 aromatic rings. The van der Waals surface area contributed by atoms with E-state index in [1.165, 1.54) is 6.92 Å². The minimum Gasteiger partial charge on any atom is -0.445 e. The summed E-state index contributed by atoms with van der Waals surface area (Å²) in [6.07, 6.45) is 1.65. The van der Waals surface area contributed by atoms with E-state index in [0.717, 1.165) is 12.0 Å². The number of amides is 3. The van der Waals surface area contributed by atoms with Crippen LogP contribution in [0.2, 0.25) is 0 Å². The molecule has 0 aliphatic carbocycles. The van der Waals surface area contributed by atoms with Crippen LogP contribution < -0.4 is 16.0 Å². The topological polar surface area (TPSA) is 114 Å². The average molecular weight is 420 g/mol. The van der Waals surface area contributed by atoms with Crippen LogP contribution in [-0.4, -0.2) is 42.3 Å². The van der Waals surface area contributed by atoms with Gasteiger partial charge in [-0.2, -0.15) is 0 Å². The van der Waals surface area contributed by atoms with Crippen LogP contribution >= 0.6 is 0 Å². The van der Waals surface area contributed by atoms with Crippen molar-refractivity contribution in [3.05, 3.63) is 35.9 Å². The molecule has 0 fully saturated rings. The number of hydrogen-bond donors (Lipinski definition) is 3. The lowest BCUT2D eigenvalue weighted by Gasteiger charge is -2.24. The number of nitrogens with one attached hydrogen (secondary N) is 3. The van der Waals surface area contributed by atoms with Crippen molar-refractivity contribution in [3.8, 4) is 0 Å². The van der Waals surface area contributed by atoms with E-state index < -0.39 is 36.0 Å². The van der Waals surface area contributed by atoms with E-state index in [2.05, 4.69) is 16.0 Å². The van der Waals surface area contributed by atoms with Crippen LogP contribution in [0.15, 0.2) is 30.3 Å². The minimum atomic E-state index is -0.895. The largest absolute Gasteiger partial charge is 0.445 e. The summed E-state index contributed by atoms with van der Waals surface area (Å²) in [5, 5.41) is 7.78. The monoisotopic (exact) mass is 419 g/mol. The Morgan fingerprint density at radius 2 is 1.67 bits per heavy atom. The molecule has 0 spiro atoms. The molecule has 1 aromatic carbocycles. The fourth-order valence-electron chi connectivity index (χ4n) is 2.78. The third kappa shape index (κ3) is 9.54. The highest BCUT2D eigenvalue weighted by molar-refractivity contribution is 5.91. The van der Waals surface area contributed by atoms with Crippen molar-refractivity contribution in [2.24, 2.45) is 5.92 Å². The van der Waals surface area contributed by atoms with Crippen LogP contribution in [0.3, 0.4) is 0 Å². The predicted octanol–water partition coefficient (Wildman–Crippen LogP) is 2.32. The third-order valence-corrected chi connectivity index (χ3v) is 4.37. The number of carbonyl (C=O) groups is 4. The summed E-state index contributed by atoms with van der Waals surface area (Å²) in [6, 6.07) is 6.89. The Labute approximate surface area is 178 Å². The number of alkyl carbamates (subject to hydrolysis) is 1. The summed E-state index contributed by atoms with van der Waals surface area (Å²) in [6.45, 7) is 7.37. The first-order valence-corrected chi connectivity index (χ1v) is 10.3. The molecule has 8 heteroatoms. The van der Waals surface area contributed by atoms with Crippen LogP contribution in [0.25, 0.3) is 0 Å². The molecule has 0 saturated carbocycles. The van der Waals surface area contributed by atoms with Gasteiger partial charge in [0.2, 0.25) is 11.8 Å². The molecule has 0 saturated heterocycles. The maximum atomic E-state index is 12.6. The lowest BCUT2D eigenvalue weighted by molar-refractivity contribution is -0.131. The first-order valence-electron chi connectivity index (χ1n) is 10.3. The van der Waals surface area contributed by atoms with Crippen LogP contribution in [0.1, 0.15) is 52.5 Å². The predicted molar refractivity (Wildman–Crippen MR) is 114 cm³/mol. The van der Waals surface area contributed by atoms with Crippen LogP contribution in [0.5, 0.6) is 0 Å². The SMILES string of the molecule is CCC[C@@H](C=O)NC(=O)[C@H](CC(C)C)NC(=O)[C@H](C)NC(=O)OCc1ccccc1. The number of aldehydes is 1. The minimum absolute atomic E-state index is 0.0872. The van der Waals surface area contributed by atoms with Crippen molar-refractivity contribution >= 4 is 24.2 Å². The van der Waals surface area contributed by atoms with Gasteiger partial charge in [-0.15, -0.1) is 0 Å². The standard InChI is InChI=1S/C22H33N3O5/c1-5-9-18(13-26)24-21(28)19(12-15(2)3)25-20(27)16(4)23-22(29)30-14-17-10-7-6-8-11-17/h6-8,10-11,13,15-16,18-19H,5,9,12,14H2,1-4H3,(H,23,29)(H,24,28)(H,25,27)/t16-,18-,19-/m0/s1. The van der Waals surface area contributed by atoms with Gasteiger partial charge in [0.1, 0.15) is 25.0 Å². The van der Waals surface area contributed by atoms with Gasteiger partial charge in [0.25, 0.3) is 0 Å². The molecule has 30 heavy (non-hydrogen) atoms. The molecule has 0 aromatic heterocycles. The Morgan fingerprint density at radius 3 is 2.23 bits per heavy atom. The number of hydrogen-bond acceptors (Lipinski definition) is 5. The Morgan fingerprint density at radius 1 is 1.00 bits per heavy atom. The summed E-state index contributed by atoms with van der Waals surface area (Å²) in [5.41, 5.74) is 0.829. The summed E-state index contributed by atoms with van der Waals surface area (Å²) < 4.78 is 5.11. The van der Waals surface area contributed by atoms with Crippen LogP contribution in [-0.2, 0) is 25.7 Å². The summed E-state index contributed by atoms with van der Waals surface area (Å²) in [4.78, 5) is 48.1. The van der Waals surface area contributed by atoms with Crippen molar-refractivity contribution in [1.29, 1.82) is 0 Å². The highest BCUT2D eigenvalue weighted by Gasteiger charge is 2.26. The normalized spacial score (nSPS) is 13.6. The molecule has 3 amide bonds. The first-order chi connectivity index (χ1) is 14.3. The van der Waals surface area contributed by atoms with Gasteiger partial charge in [0, 0.05) is 0 Å². The molecule has 0 radical (unpaired) electrons. The number of ether oxygens (including phenoxy) is 1. The highest BCUT2D eigenvalue weighted by Crippen LogP contribution is 2.07. The molecule has 0 heterocycles. The number of rotatable bonds is 12. The summed E-state index contributed by atoms with van der Waals surface area (Å²) >= 11 is 0. The summed E-state index contributed by atoms with van der Waals surface area (Å²) in [7, 11) is 0. The highest BCUT2D eigenvalue weighted by atomic mass is 16.5. The lowest BCUT2D eigenvalue weighted by Crippen LogP contribution is -2.54. The quantitative estimate of drug-likeness (QED) is 0.450. The maximum Gasteiger partial charge on any atom is 0.408 e. The first kappa shape index (κ1) is 25.1. The third-order valence-electron chi connectivity index (χ3n) is 4.37. The van der Waals surface area contributed by atoms with Gasteiger partial charge in [-0.3, -0.25) is 9.59 Å². The molecule has 0 bridgehead atoms. The van der Waals surface area contributed by atoms with E-state index in [1.54, 1.807) is 0 Å². The van der Waals surface area contributed by atoms with Gasteiger partial charge in [-0.1, -0.05) is 57.5 Å². The second kappa shape index (κ2) is 13.3. The van der Waals surface area contributed by atoms with Gasteiger partial charge in [0.05, 0.1) is 6.04 Å². The molecule has 0 aliphatic heterocycles. The number of benzene rings is 1. The fraction of sp³-hybridized carbons (Fsp3) is 0.545. The molecule has 3 N–H and O–H groups in total. The Balaban J connectivity index is 2.60. The zero-order chi connectivity index (χ0) is 22.5. The van der Waals surface area contributed by atoms with Crippen molar-refractivity contribution in [3.63, 3.8) is 0 Å². The Hall–Kier alpha value is -2.90. The van der Waals surface area contributed by atoms with E-state index in [4.69, 9.17) is 4.74 Å². The Kier molecular flexibility index (Phi) is 11.2. The van der Waals surface area contributed by atoms with Gasteiger partial charge >= 0.3 is 6.09 Å². The second-order valence-corrected chi connectivity index (χ2v) is 7.66. The van der Waals surface area contributed by atoms with Crippen molar-refractivity contribution in [2.75, 3.05) is 0 Å². The van der Waals surface area contributed by atoms with Gasteiger partial charge < -0.3 is 25.5 Å². The molecule has 0 aliphatic rings. The van der Waals surface area contributed by atoms with Gasteiger partial charge in [-0.05, 0) is 31.2 Å². The van der Waals surface area contributed by atoms with E-state index in [0.29, 0.717) is 19.1 Å². The van der Waals surface area contributed by atoms with Crippen LogP contribution in [0, 0.1) is 5.92 Å². The van der Waals surface area contributed by atoms with E-state index in [1.807, 2.05) is 51.1 Å². The number of carbonyl (C=O) groups excluding carboxylic acids is 4. The van der Waals surface area contributed by atoms with Gasteiger partial charge in [0.15, 0.2) is 0 Å². The fourth-order valence-corrected chi connectivity index (χ4v) is 2.78. The molecule has 166 valence electrons. The smallest absolute Gasteiger partial charge is 0.408 e. The zero-order valence-electron chi connectivity index (χ0n) is 18.1. The van der Waals surface area contributed by atoms with Crippen LogP contribution in [0.4, 0.5) is 4.79 Å². The van der Waals surface area contributed by atoms with E-state index in [-0.39, 0.29) is 12.5 Å². The molecular weight excluding hydrogens is 386 g/mol. The van der Waals surface area contributed by atoms with E-state index >= 15 is 0 Å². The molecular formula is C22H33N3O5. The van der Waals surface area contributed by atoms with Crippen molar-refractivity contribution in [2.45, 2.75) is 71.7 Å². The molecule has 8 nitrogen and oxygen atoms in total. The lowest BCUT2D eigenvalue weighted by atomic mass is 10.0. The molecule has 1 rings (SSSR count). The van der Waals surface area contributed by atoms with Crippen molar-refractivity contribution < 1.29 is 23.9 Å². The van der Waals surface area contributed by atoms with E-state index in [9.17, 15) is 19.2 Å². The van der Waals surface area contributed by atoms with Gasteiger partial charge in [-0.25, -0.2) is 4.79 Å². The molecule has 3 atom stereocenters. The summed E-state index contributed by atoms with van der Waals surface area (Å²) in [5.74, 6) is -0.784. The molecule has 0 unspecified atom stereocenters. The second-order valence-electron chi connectivity index (χ2n) is 7.66. The average Bonchev–Trinajstić information content (AvgIpc) is 2.71. The Bertz CT molecular complexity index is 693. The zero-order valence-corrected chi connectivity index (χ0v) is 18.1. The maximum absolute atomic E-state index is 12.6. The van der Waals surface area contributed by atoms with Crippen molar-refractivity contribution in [1.82, 2.24) is 16.0 Å².